The third kappa shape index (κ3) is 3.06. The molecule has 2 aromatic rings. The molecule has 1 aromatic heterocycles. The van der Waals surface area contributed by atoms with Gasteiger partial charge < -0.3 is 9.73 Å². The SMILES string of the molecule is Cc1ccc(C(C)Nc2cc([N+](=O)[O-])ccc2Cl)o1. The van der Waals surface area contributed by atoms with Gasteiger partial charge in [-0.25, -0.2) is 0 Å². The zero-order valence-electron chi connectivity index (χ0n) is 10.5. The number of nitro groups is 1. The van der Waals surface area contributed by atoms with Crippen LogP contribution in [0.4, 0.5) is 11.4 Å². The predicted molar refractivity (Wildman–Crippen MR) is 73.6 cm³/mol. The summed E-state index contributed by atoms with van der Waals surface area (Å²) in [4.78, 5) is 10.3. The van der Waals surface area contributed by atoms with Crippen LogP contribution in [-0.2, 0) is 0 Å². The van der Waals surface area contributed by atoms with Crippen molar-refractivity contribution in [2.45, 2.75) is 19.9 Å². The summed E-state index contributed by atoms with van der Waals surface area (Å²) in [7, 11) is 0. The minimum Gasteiger partial charge on any atom is -0.464 e. The van der Waals surface area contributed by atoms with Crippen molar-refractivity contribution in [2.24, 2.45) is 0 Å². The minimum absolute atomic E-state index is 0.00488. The summed E-state index contributed by atoms with van der Waals surface area (Å²) in [5, 5.41) is 14.3. The highest BCUT2D eigenvalue weighted by Gasteiger charge is 2.14. The fraction of sp³-hybridized carbons (Fsp3) is 0.231. The fourth-order valence-electron chi connectivity index (χ4n) is 1.73. The molecule has 0 saturated carbocycles. The molecule has 19 heavy (non-hydrogen) atoms. The van der Waals surface area contributed by atoms with Crippen LogP contribution in [0.25, 0.3) is 0 Å². The molecule has 6 heteroatoms. The topological polar surface area (TPSA) is 68.3 Å². The molecular weight excluding hydrogens is 268 g/mol. The molecule has 0 aliphatic carbocycles. The van der Waals surface area contributed by atoms with E-state index in [0.29, 0.717) is 10.7 Å². The quantitative estimate of drug-likeness (QED) is 0.669. The number of non-ortho nitro benzene ring substituents is 1. The average Bonchev–Trinajstić information content (AvgIpc) is 2.78. The number of anilines is 1. The van der Waals surface area contributed by atoms with Crippen LogP contribution in [0.5, 0.6) is 0 Å². The van der Waals surface area contributed by atoms with Gasteiger partial charge in [0.1, 0.15) is 11.5 Å². The molecule has 1 unspecified atom stereocenters. The first-order valence-electron chi connectivity index (χ1n) is 5.74. The molecule has 0 amide bonds. The first kappa shape index (κ1) is 13.4. The number of nitrogens with one attached hydrogen (secondary N) is 1. The Hall–Kier alpha value is -2.01. The molecule has 1 atom stereocenters. The summed E-state index contributed by atoms with van der Waals surface area (Å²) < 4.78 is 5.50. The molecule has 2 rings (SSSR count). The maximum absolute atomic E-state index is 10.7. The van der Waals surface area contributed by atoms with Gasteiger partial charge in [0.05, 0.1) is 21.7 Å². The van der Waals surface area contributed by atoms with Gasteiger partial charge >= 0.3 is 0 Å². The lowest BCUT2D eigenvalue weighted by Crippen LogP contribution is -2.06. The van der Waals surface area contributed by atoms with Crippen LogP contribution < -0.4 is 5.32 Å². The summed E-state index contributed by atoms with van der Waals surface area (Å²) in [6.45, 7) is 3.75. The molecule has 0 bridgehead atoms. The summed E-state index contributed by atoms with van der Waals surface area (Å²) >= 11 is 6.02. The Labute approximate surface area is 115 Å². The minimum atomic E-state index is -0.455. The third-order valence-corrected chi connectivity index (χ3v) is 3.05. The van der Waals surface area contributed by atoms with Gasteiger partial charge in [0.25, 0.3) is 5.69 Å². The van der Waals surface area contributed by atoms with E-state index in [0.717, 1.165) is 11.5 Å². The largest absolute Gasteiger partial charge is 0.464 e. The van der Waals surface area contributed by atoms with Gasteiger partial charge in [-0.15, -0.1) is 0 Å². The van der Waals surface area contributed by atoms with E-state index in [-0.39, 0.29) is 11.7 Å². The second kappa shape index (κ2) is 5.32. The molecular formula is C13H13ClN2O3. The van der Waals surface area contributed by atoms with Crippen molar-refractivity contribution in [2.75, 3.05) is 5.32 Å². The molecule has 1 aromatic carbocycles. The first-order chi connectivity index (χ1) is 8.97. The Balaban J connectivity index is 2.22. The second-order valence-electron chi connectivity index (χ2n) is 4.24. The van der Waals surface area contributed by atoms with Crippen LogP contribution in [0.1, 0.15) is 24.5 Å². The van der Waals surface area contributed by atoms with Gasteiger partial charge in [0, 0.05) is 12.1 Å². The Morgan fingerprint density at radius 1 is 1.37 bits per heavy atom. The van der Waals surface area contributed by atoms with Gasteiger partial charge in [0.2, 0.25) is 0 Å². The van der Waals surface area contributed by atoms with Crippen molar-refractivity contribution >= 4 is 23.0 Å². The summed E-state index contributed by atoms with van der Waals surface area (Å²) in [6.07, 6.45) is 0. The number of benzene rings is 1. The van der Waals surface area contributed by atoms with Gasteiger partial charge in [-0.1, -0.05) is 11.6 Å². The number of rotatable bonds is 4. The number of aryl methyl sites for hydroxylation is 1. The van der Waals surface area contributed by atoms with E-state index < -0.39 is 4.92 Å². The lowest BCUT2D eigenvalue weighted by Gasteiger charge is -2.14. The van der Waals surface area contributed by atoms with Crippen LogP contribution in [0, 0.1) is 17.0 Å². The number of furan rings is 1. The lowest BCUT2D eigenvalue weighted by atomic mass is 10.2. The second-order valence-corrected chi connectivity index (χ2v) is 4.64. The highest BCUT2D eigenvalue weighted by Crippen LogP contribution is 2.30. The average molecular weight is 281 g/mol. The predicted octanol–water partition coefficient (Wildman–Crippen LogP) is 4.32. The van der Waals surface area contributed by atoms with Crippen molar-refractivity contribution < 1.29 is 9.34 Å². The van der Waals surface area contributed by atoms with E-state index in [4.69, 9.17) is 16.0 Å². The maximum atomic E-state index is 10.7. The van der Waals surface area contributed by atoms with Crippen molar-refractivity contribution in [1.82, 2.24) is 0 Å². The van der Waals surface area contributed by atoms with Crippen molar-refractivity contribution in [3.8, 4) is 0 Å². The standard InChI is InChI=1S/C13H13ClN2O3/c1-8-3-6-13(19-8)9(2)15-12-7-10(16(17)18)4-5-11(12)14/h3-7,9,15H,1-2H3. The number of hydrogen-bond acceptors (Lipinski definition) is 4. The number of nitro benzene ring substituents is 1. The van der Waals surface area contributed by atoms with Crippen LogP contribution in [0.2, 0.25) is 5.02 Å². The number of hydrogen-bond donors (Lipinski definition) is 1. The number of nitrogens with zero attached hydrogens (tertiary/aromatic N) is 1. The molecule has 0 aliphatic heterocycles. The van der Waals surface area contributed by atoms with Crippen LogP contribution in [0.15, 0.2) is 34.7 Å². The lowest BCUT2D eigenvalue weighted by molar-refractivity contribution is -0.384. The molecule has 1 N–H and O–H groups in total. The summed E-state index contributed by atoms with van der Waals surface area (Å²) in [5.74, 6) is 1.56. The van der Waals surface area contributed by atoms with Crippen molar-refractivity contribution in [3.63, 3.8) is 0 Å². The van der Waals surface area contributed by atoms with Crippen molar-refractivity contribution in [3.05, 3.63) is 57.0 Å². The van der Waals surface area contributed by atoms with Gasteiger partial charge in [-0.3, -0.25) is 10.1 Å². The Morgan fingerprint density at radius 3 is 2.68 bits per heavy atom. The smallest absolute Gasteiger partial charge is 0.271 e. The molecule has 5 nitrogen and oxygen atoms in total. The van der Waals surface area contributed by atoms with Gasteiger partial charge in [-0.2, -0.15) is 0 Å². The molecule has 0 radical (unpaired) electrons. The fourth-order valence-corrected chi connectivity index (χ4v) is 1.90. The van der Waals surface area contributed by atoms with Crippen LogP contribution in [0.3, 0.4) is 0 Å². The van der Waals surface area contributed by atoms with Gasteiger partial charge in [0.15, 0.2) is 0 Å². The third-order valence-electron chi connectivity index (χ3n) is 2.72. The molecule has 0 saturated heterocycles. The highest BCUT2D eigenvalue weighted by atomic mass is 35.5. The maximum Gasteiger partial charge on any atom is 0.271 e. The highest BCUT2D eigenvalue weighted by molar-refractivity contribution is 6.33. The molecule has 0 spiro atoms. The van der Waals surface area contributed by atoms with E-state index in [9.17, 15) is 10.1 Å². The Kier molecular flexibility index (Phi) is 3.76. The Morgan fingerprint density at radius 2 is 2.11 bits per heavy atom. The normalized spacial score (nSPS) is 12.2. The summed E-state index contributed by atoms with van der Waals surface area (Å²) in [6, 6.07) is 7.88. The zero-order chi connectivity index (χ0) is 14.0. The Bertz CT molecular complexity index is 610. The van der Waals surface area contributed by atoms with Crippen LogP contribution >= 0.6 is 11.6 Å². The zero-order valence-corrected chi connectivity index (χ0v) is 11.3. The number of halogens is 1. The molecule has 100 valence electrons. The monoisotopic (exact) mass is 280 g/mol. The van der Waals surface area contributed by atoms with E-state index >= 15 is 0 Å². The molecule has 0 fully saturated rings. The van der Waals surface area contributed by atoms with E-state index in [1.807, 2.05) is 26.0 Å². The molecule has 1 heterocycles. The first-order valence-corrected chi connectivity index (χ1v) is 6.12. The van der Waals surface area contributed by atoms with Crippen LogP contribution in [-0.4, -0.2) is 4.92 Å². The van der Waals surface area contributed by atoms with Gasteiger partial charge in [-0.05, 0) is 32.0 Å². The summed E-state index contributed by atoms with van der Waals surface area (Å²) in [5.41, 5.74) is 0.507. The van der Waals surface area contributed by atoms with E-state index in [1.54, 1.807) is 0 Å². The molecule has 0 aliphatic rings. The van der Waals surface area contributed by atoms with Crippen molar-refractivity contribution in [1.29, 1.82) is 0 Å². The van der Waals surface area contributed by atoms with E-state index in [1.165, 1.54) is 18.2 Å². The van der Waals surface area contributed by atoms with E-state index in [2.05, 4.69) is 5.32 Å².